The number of ether oxygens (including phenoxy) is 2. The van der Waals surface area contributed by atoms with Gasteiger partial charge in [-0.2, -0.15) is 12.6 Å². The van der Waals surface area contributed by atoms with E-state index < -0.39 is 0 Å². The van der Waals surface area contributed by atoms with Gasteiger partial charge < -0.3 is 9.47 Å². The maximum atomic E-state index is 5.35. The van der Waals surface area contributed by atoms with Crippen molar-refractivity contribution in [2.75, 3.05) is 25.5 Å². The van der Waals surface area contributed by atoms with E-state index in [9.17, 15) is 0 Å². The lowest BCUT2D eigenvalue weighted by molar-refractivity contribution is 0.296. The highest BCUT2D eigenvalue weighted by Crippen LogP contribution is 2.07. The van der Waals surface area contributed by atoms with Crippen LogP contribution in [0, 0.1) is 0 Å². The van der Waals surface area contributed by atoms with Gasteiger partial charge in [-0.25, -0.2) is 9.98 Å². The fraction of sp³-hybridized carbons (Fsp3) is 0.778. The van der Waals surface area contributed by atoms with Gasteiger partial charge in [-0.3, -0.25) is 0 Å². The zero-order valence-corrected chi connectivity index (χ0v) is 9.46. The second kappa shape index (κ2) is 5.90. The summed E-state index contributed by atoms with van der Waals surface area (Å²) in [5.41, 5.74) is 0. The lowest BCUT2D eigenvalue weighted by Crippen LogP contribution is -2.31. The van der Waals surface area contributed by atoms with Crippen LogP contribution in [0.4, 0.5) is 0 Å². The average Bonchev–Trinajstić information content (AvgIpc) is 2.21. The number of hydrogen-bond acceptors (Lipinski definition) is 5. The van der Waals surface area contributed by atoms with Crippen molar-refractivity contribution in [1.29, 1.82) is 0 Å². The molecule has 0 spiro atoms. The standard InChI is InChI=1S/C9H16N2O2S/c1-3-12-8-5-10-9(13-4-2)7(6-14)11-8/h7,14H,3-6H2,1-2H3/t7-/m0/s1. The van der Waals surface area contributed by atoms with Crippen LogP contribution in [0.1, 0.15) is 13.8 Å². The van der Waals surface area contributed by atoms with Crippen molar-refractivity contribution >= 4 is 24.4 Å². The zero-order chi connectivity index (χ0) is 10.4. The van der Waals surface area contributed by atoms with Gasteiger partial charge in [0.1, 0.15) is 12.6 Å². The maximum absolute atomic E-state index is 5.35. The van der Waals surface area contributed by atoms with Crippen LogP contribution in [-0.2, 0) is 9.47 Å². The lowest BCUT2D eigenvalue weighted by Gasteiger charge is -2.19. The number of thiol groups is 1. The molecular formula is C9H16N2O2S. The Bertz CT molecular complexity index is 241. The molecule has 0 saturated carbocycles. The quantitative estimate of drug-likeness (QED) is 0.720. The zero-order valence-electron chi connectivity index (χ0n) is 8.56. The number of aliphatic imine (C=N–C) groups is 2. The average molecular weight is 216 g/mol. The first-order valence-corrected chi connectivity index (χ1v) is 5.42. The molecule has 0 bridgehead atoms. The van der Waals surface area contributed by atoms with Crippen LogP contribution in [0.3, 0.4) is 0 Å². The van der Waals surface area contributed by atoms with Crippen molar-refractivity contribution < 1.29 is 9.47 Å². The minimum Gasteiger partial charge on any atom is -0.480 e. The molecule has 80 valence electrons. The molecule has 0 saturated heterocycles. The second-order valence-corrected chi connectivity index (χ2v) is 3.11. The van der Waals surface area contributed by atoms with Crippen LogP contribution in [0.5, 0.6) is 0 Å². The molecule has 0 aliphatic carbocycles. The lowest BCUT2D eigenvalue weighted by atomic mass is 10.3. The van der Waals surface area contributed by atoms with E-state index in [1.54, 1.807) is 0 Å². The van der Waals surface area contributed by atoms with Gasteiger partial charge in [0.2, 0.25) is 11.8 Å². The van der Waals surface area contributed by atoms with E-state index in [0.29, 0.717) is 37.3 Å². The molecular weight excluding hydrogens is 200 g/mol. The molecule has 0 radical (unpaired) electrons. The van der Waals surface area contributed by atoms with Gasteiger partial charge in [-0.15, -0.1) is 0 Å². The summed E-state index contributed by atoms with van der Waals surface area (Å²) in [6.07, 6.45) is 0. The molecule has 4 nitrogen and oxygen atoms in total. The molecule has 0 N–H and O–H groups in total. The molecule has 0 amide bonds. The Morgan fingerprint density at radius 1 is 1.36 bits per heavy atom. The van der Waals surface area contributed by atoms with E-state index in [1.807, 2.05) is 13.8 Å². The molecule has 1 aliphatic rings. The predicted molar refractivity (Wildman–Crippen MR) is 60.6 cm³/mol. The third-order valence-corrected chi connectivity index (χ3v) is 2.08. The topological polar surface area (TPSA) is 43.2 Å². The Balaban J connectivity index is 2.59. The van der Waals surface area contributed by atoms with Gasteiger partial charge in [0.05, 0.1) is 13.2 Å². The van der Waals surface area contributed by atoms with E-state index in [1.165, 1.54) is 0 Å². The van der Waals surface area contributed by atoms with Gasteiger partial charge in [-0.05, 0) is 13.8 Å². The van der Waals surface area contributed by atoms with Crippen molar-refractivity contribution in [3.05, 3.63) is 0 Å². The maximum Gasteiger partial charge on any atom is 0.210 e. The largest absolute Gasteiger partial charge is 0.480 e. The van der Waals surface area contributed by atoms with Gasteiger partial charge >= 0.3 is 0 Å². The summed E-state index contributed by atoms with van der Waals surface area (Å²) in [5.74, 6) is 1.94. The van der Waals surface area contributed by atoms with Crippen molar-refractivity contribution in [1.82, 2.24) is 0 Å². The Labute approximate surface area is 89.8 Å². The minimum absolute atomic E-state index is 0.0893. The van der Waals surface area contributed by atoms with Crippen LogP contribution in [0.15, 0.2) is 9.98 Å². The number of rotatable bonds is 3. The summed E-state index contributed by atoms with van der Waals surface area (Å²) >= 11 is 4.20. The summed E-state index contributed by atoms with van der Waals surface area (Å²) in [6.45, 7) is 5.58. The Morgan fingerprint density at radius 2 is 2.07 bits per heavy atom. The Morgan fingerprint density at radius 3 is 2.64 bits per heavy atom. The van der Waals surface area contributed by atoms with Crippen molar-refractivity contribution in [2.24, 2.45) is 9.98 Å². The molecule has 1 atom stereocenters. The monoisotopic (exact) mass is 216 g/mol. The highest BCUT2D eigenvalue weighted by atomic mass is 32.1. The van der Waals surface area contributed by atoms with Gasteiger partial charge in [0.25, 0.3) is 0 Å². The number of hydrogen-bond donors (Lipinski definition) is 1. The van der Waals surface area contributed by atoms with Gasteiger partial charge in [0.15, 0.2) is 0 Å². The van der Waals surface area contributed by atoms with Crippen molar-refractivity contribution in [3.8, 4) is 0 Å². The smallest absolute Gasteiger partial charge is 0.210 e. The summed E-state index contributed by atoms with van der Waals surface area (Å²) in [4.78, 5) is 8.61. The number of nitrogens with zero attached hydrogens (tertiary/aromatic N) is 2. The normalized spacial score (nSPS) is 21.2. The van der Waals surface area contributed by atoms with Gasteiger partial charge in [0, 0.05) is 5.75 Å². The first-order valence-electron chi connectivity index (χ1n) is 4.79. The van der Waals surface area contributed by atoms with E-state index in [0.717, 1.165) is 0 Å². The Hall–Kier alpha value is -0.710. The van der Waals surface area contributed by atoms with E-state index in [-0.39, 0.29) is 6.04 Å². The molecule has 0 unspecified atom stereocenters. The third-order valence-electron chi connectivity index (χ3n) is 1.73. The molecule has 14 heavy (non-hydrogen) atoms. The predicted octanol–water partition coefficient (Wildman–Crippen LogP) is 1.17. The molecule has 1 rings (SSSR count). The van der Waals surface area contributed by atoms with E-state index >= 15 is 0 Å². The van der Waals surface area contributed by atoms with Crippen LogP contribution >= 0.6 is 12.6 Å². The fourth-order valence-electron chi connectivity index (χ4n) is 1.18. The van der Waals surface area contributed by atoms with Crippen LogP contribution in [-0.4, -0.2) is 43.3 Å². The minimum atomic E-state index is -0.0893. The fourth-order valence-corrected chi connectivity index (χ4v) is 1.42. The second-order valence-electron chi connectivity index (χ2n) is 2.74. The van der Waals surface area contributed by atoms with E-state index in [2.05, 4.69) is 22.6 Å². The van der Waals surface area contributed by atoms with Crippen molar-refractivity contribution in [2.45, 2.75) is 19.9 Å². The third kappa shape index (κ3) is 2.90. The molecule has 0 aromatic heterocycles. The highest BCUT2D eigenvalue weighted by Gasteiger charge is 2.20. The Kier molecular flexibility index (Phi) is 4.79. The molecule has 1 aliphatic heterocycles. The molecule has 0 aromatic carbocycles. The first-order chi connectivity index (χ1) is 6.81. The molecule has 5 heteroatoms. The molecule has 0 fully saturated rings. The van der Waals surface area contributed by atoms with Crippen LogP contribution in [0.2, 0.25) is 0 Å². The molecule has 0 aromatic rings. The summed E-state index contributed by atoms with van der Waals surface area (Å²) < 4.78 is 10.6. The van der Waals surface area contributed by atoms with Gasteiger partial charge in [-0.1, -0.05) is 0 Å². The van der Waals surface area contributed by atoms with Crippen LogP contribution in [0.25, 0.3) is 0 Å². The van der Waals surface area contributed by atoms with Crippen molar-refractivity contribution in [3.63, 3.8) is 0 Å². The first kappa shape index (κ1) is 11.4. The van der Waals surface area contributed by atoms with Crippen LogP contribution < -0.4 is 0 Å². The summed E-state index contributed by atoms with van der Waals surface area (Å²) in [7, 11) is 0. The summed E-state index contributed by atoms with van der Waals surface area (Å²) in [5, 5.41) is 0. The SMILES string of the molecule is CCOC1=N[C@@H](CS)C(OCC)=NC1. The van der Waals surface area contributed by atoms with E-state index in [4.69, 9.17) is 9.47 Å². The summed E-state index contributed by atoms with van der Waals surface area (Å²) in [6, 6.07) is -0.0893. The molecule has 1 heterocycles. The highest BCUT2D eigenvalue weighted by molar-refractivity contribution is 7.80.